The van der Waals surface area contributed by atoms with Crippen LogP contribution in [0.15, 0.2) is 12.2 Å². The molecule has 86 valence electrons. The van der Waals surface area contributed by atoms with Crippen molar-refractivity contribution in [2.24, 2.45) is 5.41 Å². The van der Waals surface area contributed by atoms with Crippen molar-refractivity contribution in [3.8, 4) is 0 Å². The zero-order valence-corrected chi connectivity index (χ0v) is 10.1. The summed E-state index contributed by atoms with van der Waals surface area (Å²) in [6.45, 7) is 9.93. The molecule has 0 aliphatic carbocycles. The largest absolute Gasteiger partial charge is 0.317 e. The fraction of sp³-hybridized carbons (Fsp3) is 0.769. The standard InChI is InChI=1S/C13H23NO/c1-4-5-13(6-8-14-9-7-13)12(15)10-11(2)3/h14H,2,4-10H2,1,3H3. The number of piperidine rings is 1. The van der Waals surface area contributed by atoms with Gasteiger partial charge in [-0.2, -0.15) is 0 Å². The third-order valence-corrected chi connectivity index (χ3v) is 3.34. The maximum absolute atomic E-state index is 12.2. The van der Waals surface area contributed by atoms with Crippen molar-refractivity contribution in [1.29, 1.82) is 0 Å². The van der Waals surface area contributed by atoms with E-state index in [4.69, 9.17) is 0 Å². The van der Waals surface area contributed by atoms with Crippen molar-refractivity contribution in [2.45, 2.75) is 46.0 Å². The first-order valence-electron chi connectivity index (χ1n) is 5.99. The summed E-state index contributed by atoms with van der Waals surface area (Å²) in [6, 6.07) is 0. The Hall–Kier alpha value is -0.630. The zero-order valence-electron chi connectivity index (χ0n) is 10.1. The molecule has 0 aromatic rings. The highest BCUT2D eigenvalue weighted by molar-refractivity contribution is 5.86. The Morgan fingerprint density at radius 3 is 2.47 bits per heavy atom. The zero-order chi connectivity index (χ0) is 11.3. The van der Waals surface area contributed by atoms with E-state index >= 15 is 0 Å². The molecular formula is C13H23NO. The molecule has 0 radical (unpaired) electrons. The molecule has 0 aromatic carbocycles. The van der Waals surface area contributed by atoms with E-state index in [0.717, 1.165) is 44.3 Å². The van der Waals surface area contributed by atoms with Gasteiger partial charge in [0.25, 0.3) is 0 Å². The quantitative estimate of drug-likeness (QED) is 0.705. The van der Waals surface area contributed by atoms with Crippen LogP contribution in [0.3, 0.4) is 0 Å². The Bertz CT molecular complexity index is 233. The molecule has 1 heterocycles. The van der Waals surface area contributed by atoms with Gasteiger partial charge in [0.2, 0.25) is 0 Å². The number of Topliss-reactive ketones (excluding diaryl/α,β-unsaturated/α-hetero) is 1. The number of carbonyl (C=O) groups excluding carboxylic acids is 1. The Morgan fingerprint density at radius 2 is 2.00 bits per heavy atom. The molecule has 0 bridgehead atoms. The average Bonchev–Trinajstić information content (AvgIpc) is 2.18. The third-order valence-electron chi connectivity index (χ3n) is 3.34. The van der Waals surface area contributed by atoms with Gasteiger partial charge in [0.05, 0.1) is 0 Å². The van der Waals surface area contributed by atoms with Gasteiger partial charge in [-0.25, -0.2) is 0 Å². The highest BCUT2D eigenvalue weighted by Gasteiger charge is 2.37. The van der Waals surface area contributed by atoms with Crippen LogP contribution in [0.5, 0.6) is 0 Å². The number of hydrogen-bond acceptors (Lipinski definition) is 2. The van der Waals surface area contributed by atoms with E-state index in [1.54, 1.807) is 0 Å². The summed E-state index contributed by atoms with van der Waals surface area (Å²) in [5, 5.41) is 3.33. The molecule has 0 unspecified atom stereocenters. The Morgan fingerprint density at radius 1 is 1.40 bits per heavy atom. The summed E-state index contributed by atoms with van der Waals surface area (Å²) in [5.41, 5.74) is 0.952. The number of nitrogens with one attached hydrogen (secondary N) is 1. The van der Waals surface area contributed by atoms with Crippen molar-refractivity contribution in [3.63, 3.8) is 0 Å². The van der Waals surface area contributed by atoms with Gasteiger partial charge >= 0.3 is 0 Å². The van der Waals surface area contributed by atoms with E-state index in [1.165, 1.54) is 0 Å². The van der Waals surface area contributed by atoms with E-state index in [1.807, 2.05) is 6.92 Å². The maximum Gasteiger partial charge on any atom is 0.143 e. The molecule has 1 fully saturated rings. The van der Waals surface area contributed by atoms with E-state index in [9.17, 15) is 4.79 Å². The fourth-order valence-corrected chi connectivity index (χ4v) is 2.51. The van der Waals surface area contributed by atoms with Crippen molar-refractivity contribution in [1.82, 2.24) is 5.32 Å². The average molecular weight is 209 g/mol. The number of rotatable bonds is 5. The lowest BCUT2D eigenvalue weighted by atomic mass is 9.71. The second kappa shape index (κ2) is 5.45. The summed E-state index contributed by atoms with van der Waals surface area (Å²) in [5.74, 6) is 0.415. The van der Waals surface area contributed by atoms with Crippen molar-refractivity contribution in [3.05, 3.63) is 12.2 Å². The summed E-state index contributed by atoms with van der Waals surface area (Å²) in [6.07, 6.45) is 4.72. The van der Waals surface area contributed by atoms with Crippen LogP contribution in [0.2, 0.25) is 0 Å². The van der Waals surface area contributed by atoms with Gasteiger partial charge in [0.1, 0.15) is 5.78 Å². The topological polar surface area (TPSA) is 29.1 Å². The molecule has 0 atom stereocenters. The van der Waals surface area contributed by atoms with Crippen molar-refractivity contribution in [2.75, 3.05) is 13.1 Å². The SMILES string of the molecule is C=C(C)CC(=O)C1(CCC)CCNCC1. The number of hydrogen-bond donors (Lipinski definition) is 1. The molecule has 0 saturated carbocycles. The van der Waals surface area contributed by atoms with E-state index < -0.39 is 0 Å². The van der Waals surface area contributed by atoms with Gasteiger partial charge in [-0.1, -0.05) is 25.5 Å². The first kappa shape index (κ1) is 12.4. The van der Waals surface area contributed by atoms with E-state index in [-0.39, 0.29) is 5.41 Å². The lowest BCUT2D eigenvalue weighted by Gasteiger charge is -2.36. The van der Waals surface area contributed by atoms with Crippen LogP contribution in [0.4, 0.5) is 0 Å². The van der Waals surface area contributed by atoms with Crippen LogP contribution in [0.25, 0.3) is 0 Å². The molecule has 1 rings (SSSR count). The van der Waals surface area contributed by atoms with Crippen LogP contribution in [0, 0.1) is 5.41 Å². The third kappa shape index (κ3) is 3.16. The van der Waals surface area contributed by atoms with Gasteiger partial charge in [-0.15, -0.1) is 0 Å². The molecule has 1 aliphatic heterocycles. The molecular weight excluding hydrogens is 186 g/mol. The molecule has 1 aliphatic rings. The van der Waals surface area contributed by atoms with Crippen LogP contribution >= 0.6 is 0 Å². The molecule has 15 heavy (non-hydrogen) atoms. The minimum absolute atomic E-state index is 0.0427. The predicted octanol–water partition coefficient (Wildman–Crippen LogP) is 2.69. The number of carbonyl (C=O) groups is 1. The molecule has 1 saturated heterocycles. The lowest BCUT2D eigenvalue weighted by molar-refractivity contribution is -0.130. The first-order chi connectivity index (χ1) is 7.10. The highest BCUT2D eigenvalue weighted by atomic mass is 16.1. The minimum Gasteiger partial charge on any atom is -0.317 e. The molecule has 0 aromatic heterocycles. The minimum atomic E-state index is -0.0427. The molecule has 2 heteroatoms. The van der Waals surface area contributed by atoms with E-state index in [0.29, 0.717) is 12.2 Å². The second-order valence-electron chi connectivity index (χ2n) is 4.84. The summed E-state index contributed by atoms with van der Waals surface area (Å²) in [7, 11) is 0. The molecule has 0 spiro atoms. The summed E-state index contributed by atoms with van der Waals surface area (Å²) >= 11 is 0. The van der Waals surface area contributed by atoms with Crippen LogP contribution < -0.4 is 5.32 Å². The van der Waals surface area contributed by atoms with Gasteiger partial charge < -0.3 is 5.32 Å². The Kier molecular flexibility index (Phi) is 4.52. The summed E-state index contributed by atoms with van der Waals surface area (Å²) < 4.78 is 0. The van der Waals surface area contributed by atoms with E-state index in [2.05, 4.69) is 18.8 Å². The van der Waals surface area contributed by atoms with Crippen LogP contribution in [-0.2, 0) is 4.79 Å². The highest BCUT2D eigenvalue weighted by Crippen LogP contribution is 2.36. The van der Waals surface area contributed by atoms with Gasteiger partial charge in [-0.3, -0.25) is 4.79 Å². The van der Waals surface area contributed by atoms with Crippen LogP contribution in [0.1, 0.15) is 46.0 Å². The second-order valence-corrected chi connectivity index (χ2v) is 4.84. The normalized spacial score (nSPS) is 19.9. The van der Waals surface area contributed by atoms with Crippen molar-refractivity contribution < 1.29 is 4.79 Å². The van der Waals surface area contributed by atoms with Gasteiger partial charge in [0, 0.05) is 11.8 Å². The first-order valence-corrected chi connectivity index (χ1v) is 5.99. The monoisotopic (exact) mass is 209 g/mol. The van der Waals surface area contributed by atoms with Gasteiger partial charge in [-0.05, 0) is 39.3 Å². The number of allylic oxidation sites excluding steroid dienone is 1. The molecule has 0 amide bonds. The van der Waals surface area contributed by atoms with Crippen molar-refractivity contribution >= 4 is 5.78 Å². The molecule has 2 nitrogen and oxygen atoms in total. The lowest BCUT2D eigenvalue weighted by Crippen LogP contribution is -2.42. The Labute approximate surface area is 93.1 Å². The summed E-state index contributed by atoms with van der Waals surface area (Å²) in [4.78, 5) is 12.2. The van der Waals surface area contributed by atoms with Gasteiger partial charge in [0.15, 0.2) is 0 Å². The smallest absolute Gasteiger partial charge is 0.143 e. The predicted molar refractivity (Wildman–Crippen MR) is 63.9 cm³/mol. The Balaban J connectivity index is 2.70. The van der Waals surface area contributed by atoms with Crippen LogP contribution in [-0.4, -0.2) is 18.9 Å². The molecule has 1 N–H and O–H groups in total. The number of ketones is 1. The maximum atomic E-state index is 12.2. The fourth-order valence-electron chi connectivity index (χ4n) is 2.51.